The molecule has 0 bridgehead atoms. The summed E-state index contributed by atoms with van der Waals surface area (Å²) in [5.41, 5.74) is 2.74. The Morgan fingerprint density at radius 2 is 2.05 bits per heavy atom. The summed E-state index contributed by atoms with van der Waals surface area (Å²) in [6.45, 7) is 6.06. The van der Waals surface area contributed by atoms with E-state index in [2.05, 4.69) is 21.5 Å². The van der Waals surface area contributed by atoms with Crippen LogP contribution in [-0.2, 0) is 6.42 Å². The maximum atomic E-state index is 6.31. The molecule has 0 fully saturated rings. The van der Waals surface area contributed by atoms with Gasteiger partial charge in [0.15, 0.2) is 5.65 Å². The van der Waals surface area contributed by atoms with Crippen LogP contribution in [0.5, 0.6) is 0 Å². The topological polar surface area (TPSA) is 43.9 Å². The summed E-state index contributed by atoms with van der Waals surface area (Å²) < 4.78 is 7.58. The minimum Gasteiger partial charge on any atom is -0.469 e. The van der Waals surface area contributed by atoms with E-state index < -0.39 is 0 Å². The lowest BCUT2D eigenvalue weighted by Gasteiger charge is -2.17. The van der Waals surface area contributed by atoms with Gasteiger partial charge >= 0.3 is 0 Å². The smallest absolute Gasteiger partial charge is 0.160 e. The molecule has 21 heavy (non-hydrogen) atoms. The Labute approximate surface area is 128 Å². The molecule has 3 rings (SSSR count). The Balaban J connectivity index is 2.09. The number of furan rings is 1. The molecule has 4 nitrogen and oxygen atoms in total. The van der Waals surface area contributed by atoms with Gasteiger partial charge in [0, 0.05) is 18.2 Å². The second-order valence-electron chi connectivity index (χ2n) is 5.38. The molecule has 0 N–H and O–H groups in total. The Morgan fingerprint density at radius 3 is 2.71 bits per heavy atom. The van der Waals surface area contributed by atoms with E-state index in [1.54, 1.807) is 6.26 Å². The van der Waals surface area contributed by atoms with Crippen LogP contribution in [0.1, 0.15) is 42.5 Å². The first-order valence-electron chi connectivity index (χ1n) is 7.08. The summed E-state index contributed by atoms with van der Waals surface area (Å²) in [4.78, 5) is 9.28. The summed E-state index contributed by atoms with van der Waals surface area (Å²) in [5, 5.41) is -0.168. The molecule has 0 saturated carbocycles. The van der Waals surface area contributed by atoms with Crippen molar-refractivity contribution in [2.45, 2.75) is 38.6 Å². The molecule has 3 aromatic rings. The number of rotatable bonds is 4. The first-order chi connectivity index (χ1) is 10.1. The van der Waals surface area contributed by atoms with E-state index in [0.717, 1.165) is 34.9 Å². The Hall–Kier alpha value is -1.81. The highest BCUT2D eigenvalue weighted by Gasteiger charge is 2.21. The van der Waals surface area contributed by atoms with Crippen LogP contribution >= 0.6 is 11.6 Å². The molecule has 0 spiro atoms. The number of nitrogens with zero attached hydrogens (tertiary/aromatic N) is 3. The summed E-state index contributed by atoms with van der Waals surface area (Å²) in [6.07, 6.45) is 2.48. The molecule has 0 aliphatic rings. The average molecular weight is 304 g/mol. The Morgan fingerprint density at radius 1 is 1.24 bits per heavy atom. The number of fused-ring (bicyclic) bond motifs is 1. The monoisotopic (exact) mass is 303 g/mol. The minimum absolute atomic E-state index is 0.168. The summed E-state index contributed by atoms with van der Waals surface area (Å²) >= 11 is 6.31. The molecule has 2 atom stereocenters. The van der Waals surface area contributed by atoms with Gasteiger partial charge in [-0.3, -0.25) is 0 Å². The van der Waals surface area contributed by atoms with Crippen LogP contribution in [0.25, 0.3) is 11.2 Å². The van der Waals surface area contributed by atoms with Gasteiger partial charge in [-0.05, 0) is 45.0 Å². The summed E-state index contributed by atoms with van der Waals surface area (Å²) in [7, 11) is 0. The van der Waals surface area contributed by atoms with E-state index in [1.807, 2.05) is 38.1 Å². The quantitative estimate of drug-likeness (QED) is 0.669. The maximum Gasteiger partial charge on any atom is 0.160 e. The first kappa shape index (κ1) is 14.1. The zero-order valence-electron chi connectivity index (χ0n) is 12.4. The third-order valence-corrected chi connectivity index (χ3v) is 3.77. The van der Waals surface area contributed by atoms with Crippen molar-refractivity contribution in [1.82, 2.24) is 14.5 Å². The van der Waals surface area contributed by atoms with E-state index in [4.69, 9.17) is 16.0 Å². The van der Waals surface area contributed by atoms with E-state index in [-0.39, 0.29) is 11.4 Å². The van der Waals surface area contributed by atoms with Crippen molar-refractivity contribution in [2.24, 2.45) is 0 Å². The molecule has 0 aliphatic heterocycles. The van der Waals surface area contributed by atoms with Crippen molar-refractivity contribution in [3.05, 3.63) is 47.8 Å². The molecule has 3 heterocycles. The van der Waals surface area contributed by atoms with Crippen LogP contribution in [0.4, 0.5) is 0 Å². The van der Waals surface area contributed by atoms with E-state index >= 15 is 0 Å². The standard InChI is InChI=1S/C16H18ClN3O/c1-10-6-7-14-16(18-10)20(15(19-14)12(3)17)11(2)9-13-5-4-8-21-13/h4-8,11-12H,9H2,1-3H3. The highest BCUT2D eigenvalue weighted by Crippen LogP contribution is 2.28. The molecule has 3 aromatic heterocycles. The molecule has 0 radical (unpaired) electrons. The third kappa shape index (κ3) is 2.68. The zero-order chi connectivity index (χ0) is 15.0. The van der Waals surface area contributed by atoms with Gasteiger partial charge in [-0.25, -0.2) is 9.97 Å². The van der Waals surface area contributed by atoms with Gasteiger partial charge in [0.2, 0.25) is 0 Å². The van der Waals surface area contributed by atoms with Crippen molar-refractivity contribution < 1.29 is 4.42 Å². The predicted molar refractivity (Wildman–Crippen MR) is 83.7 cm³/mol. The van der Waals surface area contributed by atoms with Gasteiger partial charge in [-0.1, -0.05) is 0 Å². The van der Waals surface area contributed by atoms with Crippen molar-refractivity contribution in [3.63, 3.8) is 0 Å². The van der Waals surface area contributed by atoms with Crippen LogP contribution in [0, 0.1) is 6.92 Å². The SMILES string of the molecule is Cc1ccc2nc(C(C)Cl)n(C(C)Cc3ccco3)c2n1. The highest BCUT2D eigenvalue weighted by atomic mass is 35.5. The average Bonchev–Trinajstić information content (AvgIpc) is 3.04. The van der Waals surface area contributed by atoms with Gasteiger partial charge in [-0.2, -0.15) is 0 Å². The van der Waals surface area contributed by atoms with Crippen molar-refractivity contribution in [3.8, 4) is 0 Å². The zero-order valence-corrected chi connectivity index (χ0v) is 13.1. The normalized spacial score (nSPS) is 14.5. The molecule has 5 heteroatoms. The predicted octanol–water partition coefficient (Wildman–Crippen LogP) is 4.44. The molecule has 0 aliphatic carbocycles. The van der Waals surface area contributed by atoms with E-state index in [0.29, 0.717) is 0 Å². The number of hydrogen-bond acceptors (Lipinski definition) is 3. The highest BCUT2D eigenvalue weighted by molar-refractivity contribution is 6.20. The molecular formula is C16H18ClN3O. The molecule has 0 saturated heterocycles. The number of pyridine rings is 1. The van der Waals surface area contributed by atoms with Crippen molar-refractivity contribution in [1.29, 1.82) is 0 Å². The summed E-state index contributed by atoms with van der Waals surface area (Å²) in [5.74, 6) is 1.80. The fraction of sp³-hybridized carbons (Fsp3) is 0.375. The number of hydrogen-bond donors (Lipinski definition) is 0. The number of halogens is 1. The van der Waals surface area contributed by atoms with Crippen molar-refractivity contribution in [2.75, 3.05) is 0 Å². The lowest BCUT2D eigenvalue weighted by molar-refractivity contribution is 0.445. The van der Waals surface area contributed by atoms with Crippen LogP contribution in [0.2, 0.25) is 0 Å². The van der Waals surface area contributed by atoms with Gasteiger partial charge in [0.1, 0.15) is 17.1 Å². The Kier molecular flexibility index (Phi) is 3.72. The van der Waals surface area contributed by atoms with Gasteiger partial charge in [-0.15, -0.1) is 11.6 Å². The van der Waals surface area contributed by atoms with Crippen LogP contribution in [0.15, 0.2) is 34.9 Å². The van der Waals surface area contributed by atoms with Crippen LogP contribution in [-0.4, -0.2) is 14.5 Å². The third-order valence-electron chi connectivity index (χ3n) is 3.58. The lowest BCUT2D eigenvalue weighted by Crippen LogP contribution is -2.13. The lowest BCUT2D eigenvalue weighted by atomic mass is 10.2. The van der Waals surface area contributed by atoms with Crippen molar-refractivity contribution >= 4 is 22.8 Å². The molecule has 0 amide bonds. The number of aryl methyl sites for hydroxylation is 1. The summed E-state index contributed by atoms with van der Waals surface area (Å²) in [6, 6.07) is 8.03. The van der Waals surface area contributed by atoms with Gasteiger partial charge < -0.3 is 8.98 Å². The van der Waals surface area contributed by atoms with E-state index in [9.17, 15) is 0 Å². The molecule has 0 aromatic carbocycles. The first-order valence-corrected chi connectivity index (χ1v) is 7.52. The largest absolute Gasteiger partial charge is 0.469 e. The second-order valence-corrected chi connectivity index (χ2v) is 6.04. The van der Waals surface area contributed by atoms with E-state index in [1.165, 1.54) is 0 Å². The molecular weight excluding hydrogens is 286 g/mol. The second kappa shape index (κ2) is 5.53. The number of imidazole rings is 1. The van der Waals surface area contributed by atoms with Gasteiger partial charge in [0.25, 0.3) is 0 Å². The van der Waals surface area contributed by atoms with Crippen LogP contribution < -0.4 is 0 Å². The number of alkyl halides is 1. The molecule has 2 unspecified atom stereocenters. The van der Waals surface area contributed by atoms with Crippen LogP contribution in [0.3, 0.4) is 0 Å². The minimum atomic E-state index is -0.168. The Bertz CT molecular complexity index is 746. The molecule has 110 valence electrons. The fourth-order valence-electron chi connectivity index (χ4n) is 2.61. The number of aromatic nitrogens is 3. The fourth-order valence-corrected chi connectivity index (χ4v) is 2.77. The maximum absolute atomic E-state index is 6.31. The van der Waals surface area contributed by atoms with Gasteiger partial charge in [0.05, 0.1) is 11.6 Å².